The molecule has 4 rings (SSSR count). The lowest BCUT2D eigenvalue weighted by Crippen LogP contribution is -2.15. The van der Waals surface area contributed by atoms with Crippen LogP contribution in [0.15, 0.2) is 47.3 Å². The van der Waals surface area contributed by atoms with Crippen LogP contribution in [0.1, 0.15) is 13.8 Å². The quantitative estimate of drug-likeness (QED) is 0.439. The first-order valence-electron chi connectivity index (χ1n) is 9.25. The van der Waals surface area contributed by atoms with Crippen molar-refractivity contribution in [3.05, 3.63) is 52.7 Å². The molecule has 0 saturated carbocycles. The Morgan fingerprint density at radius 1 is 1.18 bits per heavy atom. The molecule has 0 fully saturated rings. The van der Waals surface area contributed by atoms with Gasteiger partial charge in [0.25, 0.3) is 0 Å². The van der Waals surface area contributed by atoms with E-state index < -0.39 is 0 Å². The number of anilines is 2. The Morgan fingerprint density at radius 2 is 1.96 bits per heavy atom. The van der Waals surface area contributed by atoms with Gasteiger partial charge in [0, 0.05) is 50.1 Å². The number of nitrogens with zero attached hydrogens (tertiary/aromatic N) is 3. The number of nitrogens with one attached hydrogen (secondary N) is 1. The van der Waals surface area contributed by atoms with Gasteiger partial charge in [-0.1, -0.05) is 12.1 Å². The van der Waals surface area contributed by atoms with Gasteiger partial charge in [-0.15, -0.1) is 0 Å². The molecular weight excluding hydrogens is 352 g/mol. The molecule has 6 heteroatoms. The summed E-state index contributed by atoms with van der Waals surface area (Å²) in [5.41, 5.74) is 4.88. The molecule has 28 heavy (non-hydrogen) atoms. The van der Waals surface area contributed by atoms with Crippen LogP contribution in [0.2, 0.25) is 0 Å². The van der Waals surface area contributed by atoms with Gasteiger partial charge >= 0.3 is 0 Å². The van der Waals surface area contributed by atoms with E-state index in [-0.39, 0.29) is 11.3 Å². The molecule has 1 aliphatic heterocycles. The number of fused-ring (bicyclic) bond motifs is 4. The summed E-state index contributed by atoms with van der Waals surface area (Å²) in [4.78, 5) is 31.5. The number of carbonyl (C=O) groups is 1. The highest BCUT2D eigenvalue weighted by Crippen LogP contribution is 2.35. The Bertz CT molecular complexity index is 1260. The van der Waals surface area contributed by atoms with Crippen molar-refractivity contribution in [3.8, 4) is 11.4 Å². The molecule has 0 spiro atoms. The SMILES string of the molecule is CCn1c2cc(=O)c3cccc(NC(C)=O)c3c-2nc2ccc(N(C)C)cc21. The molecular formula is C22H22N4O2. The average molecular weight is 374 g/mol. The van der Waals surface area contributed by atoms with Crippen LogP contribution in [0.4, 0.5) is 11.4 Å². The highest BCUT2D eigenvalue weighted by molar-refractivity contribution is 6.08. The van der Waals surface area contributed by atoms with E-state index in [0.29, 0.717) is 28.7 Å². The topological polar surface area (TPSA) is 67.2 Å². The minimum atomic E-state index is -0.184. The predicted molar refractivity (Wildman–Crippen MR) is 114 cm³/mol. The number of aryl methyl sites for hydroxylation is 1. The van der Waals surface area contributed by atoms with Crippen molar-refractivity contribution in [3.63, 3.8) is 0 Å². The van der Waals surface area contributed by atoms with E-state index in [1.54, 1.807) is 24.3 Å². The summed E-state index contributed by atoms with van der Waals surface area (Å²) in [6, 6.07) is 13.1. The van der Waals surface area contributed by atoms with Crippen molar-refractivity contribution >= 4 is 39.1 Å². The van der Waals surface area contributed by atoms with Crippen LogP contribution in [0.25, 0.3) is 33.2 Å². The van der Waals surface area contributed by atoms with E-state index >= 15 is 0 Å². The van der Waals surface area contributed by atoms with Gasteiger partial charge in [-0.3, -0.25) is 9.59 Å². The molecule has 1 amide bonds. The first kappa shape index (κ1) is 18.0. The molecule has 0 radical (unpaired) electrons. The molecule has 0 aromatic heterocycles. The maximum absolute atomic E-state index is 12.8. The predicted octanol–water partition coefficient (Wildman–Crippen LogP) is 3.70. The Kier molecular flexibility index (Phi) is 4.26. The van der Waals surface area contributed by atoms with Crippen LogP contribution in [0.3, 0.4) is 0 Å². The Hall–Kier alpha value is -3.41. The second kappa shape index (κ2) is 6.64. The molecule has 0 atom stereocenters. The number of aromatic nitrogens is 2. The highest BCUT2D eigenvalue weighted by Gasteiger charge is 2.20. The minimum Gasteiger partial charge on any atom is -0.378 e. The van der Waals surface area contributed by atoms with Crippen molar-refractivity contribution in [1.82, 2.24) is 9.55 Å². The molecule has 0 bridgehead atoms. The summed E-state index contributed by atoms with van der Waals surface area (Å²) < 4.78 is 2.11. The largest absolute Gasteiger partial charge is 0.378 e. The minimum absolute atomic E-state index is 0.0817. The van der Waals surface area contributed by atoms with E-state index in [4.69, 9.17) is 4.98 Å². The summed E-state index contributed by atoms with van der Waals surface area (Å²) in [6.07, 6.45) is 0. The Balaban J connectivity index is 2.19. The summed E-state index contributed by atoms with van der Waals surface area (Å²) in [7, 11) is 3.99. The summed E-state index contributed by atoms with van der Waals surface area (Å²) in [5, 5.41) is 4.08. The van der Waals surface area contributed by atoms with Crippen molar-refractivity contribution < 1.29 is 4.79 Å². The zero-order valence-corrected chi connectivity index (χ0v) is 16.4. The van der Waals surface area contributed by atoms with Crippen LogP contribution < -0.4 is 15.6 Å². The van der Waals surface area contributed by atoms with Gasteiger partial charge in [-0.05, 0) is 31.2 Å². The van der Waals surface area contributed by atoms with Crippen LogP contribution >= 0.6 is 0 Å². The Labute approximate surface area is 162 Å². The lowest BCUT2D eigenvalue weighted by Gasteiger charge is -2.21. The lowest BCUT2D eigenvalue weighted by molar-refractivity contribution is -0.114. The van der Waals surface area contributed by atoms with Gasteiger partial charge in [0.15, 0.2) is 5.43 Å². The first-order valence-corrected chi connectivity index (χ1v) is 9.25. The molecule has 1 heterocycles. The van der Waals surface area contributed by atoms with Gasteiger partial charge < -0.3 is 14.8 Å². The smallest absolute Gasteiger partial charge is 0.221 e. The Morgan fingerprint density at radius 3 is 2.64 bits per heavy atom. The second-order valence-electron chi connectivity index (χ2n) is 7.08. The molecule has 2 aromatic carbocycles. The fourth-order valence-electron chi connectivity index (χ4n) is 3.72. The van der Waals surface area contributed by atoms with Gasteiger partial charge in [0.1, 0.15) is 0 Å². The average Bonchev–Trinajstić information content (AvgIpc) is 2.66. The second-order valence-corrected chi connectivity index (χ2v) is 7.08. The number of amides is 1. The third-order valence-corrected chi connectivity index (χ3v) is 4.99. The third kappa shape index (κ3) is 2.78. The molecule has 6 nitrogen and oxygen atoms in total. The lowest BCUT2D eigenvalue weighted by atomic mass is 10.0. The zero-order valence-electron chi connectivity index (χ0n) is 16.4. The standard InChI is InChI=1S/C22H22N4O2/c1-5-26-18-11-14(25(3)4)9-10-16(18)24-22-19(26)12-20(28)15-7-6-8-17(21(15)22)23-13(2)27/h6-12H,5H2,1-4H3,(H,23,27). The van der Waals surface area contributed by atoms with Crippen molar-refractivity contribution in [1.29, 1.82) is 0 Å². The normalized spacial score (nSPS) is 11.3. The van der Waals surface area contributed by atoms with Gasteiger partial charge in [0.05, 0.1) is 28.1 Å². The third-order valence-electron chi connectivity index (χ3n) is 4.99. The van der Waals surface area contributed by atoms with E-state index in [9.17, 15) is 9.59 Å². The summed E-state index contributed by atoms with van der Waals surface area (Å²) in [5.74, 6) is -0.184. The van der Waals surface area contributed by atoms with Crippen molar-refractivity contribution in [2.45, 2.75) is 20.4 Å². The van der Waals surface area contributed by atoms with Crippen LogP contribution in [-0.2, 0) is 11.3 Å². The maximum atomic E-state index is 12.8. The fourth-order valence-corrected chi connectivity index (χ4v) is 3.72. The maximum Gasteiger partial charge on any atom is 0.221 e. The summed E-state index contributed by atoms with van der Waals surface area (Å²) >= 11 is 0. The fraction of sp³-hybridized carbons (Fsp3) is 0.227. The van der Waals surface area contributed by atoms with Gasteiger partial charge in [-0.25, -0.2) is 4.98 Å². The molecule has 1 N–H and O–H groups in total. The molecule has 2 aliphatic rings. The van der Waals surface area contributed by atoms with Crippen molar-refractivity contribution in [2.24, 2.45) is 0 Å². The van der Waals surface area contributed by atoms with E-state index in [1.165, 1.54) is 6.92 Å². The monoisotopic (exact) mass is 374 g/mol. The van der Waals surface area contributed by atoms with Gasteiger partial charge in [-0.2, -0.15) is 0 Å². The molecule has 1 aliphatic carbocycles. The van der Waals surface area contributed by atoms with Crippen LogP contribution in [0.5, 0.6) is 0 Å². The van der Waals surface area contributed by atoms with E-state index in [2.05, 4.69) is 22.9 Å². The van der Waals surface area contributed by atoms with E-state index in [0.717, 1.165) is 22.4 Å². The van der Waals surface area contributed by atoms with E-state index in [1.807, 2.05) is 31.1 Å². The molecule has 2 aromatic rings. The first-order chi connectivity index (χ1) is 13.4. The number of hydrogen-bond acceptors (Lipinski definition) is 4. The molecule has 0 unspecified atom stereocenters. The summed E-state index contributed by atoms with van der Waals surface area (Å²) in [6.45, 7) is 4.20. The van der Waals surface area contributed by atoms with Crippen molar-refractivity contribution in [2.75, 3.05) is 24.3 Å². The van der Waals surface area contributed by atoms with Crippen LogP contribution in [0, 0.1) is 0 Å². The zero-order chi connectivity index (χ0) is 20.0. The number of rotatable bonds is 3. The van der Waals surface area contributed by atoms with Gasteiger partial charge in [0.2, 0.25) is 5.91 Å². The number of benzene rings is 3. The number of carbonyl (C=O) groups excluding carboxylic acids is 1. The molecule has 142 valence electrons. The van der Waals surface area contributed by atoms with Crippen LogP contribution in [-0.4, -0.2) is 29.6 Å². The number of hydrogen-bond donors (Lipinski definition) is 1. The molecule has 0 saturated heterocycles. The highest BCUT2D eigenvalue weighted by atomic mass is 16.1.